The van der Waals surface area contributed by atoms with Crippen molar-refractivity contribution < 1.29 is 17.6 Å². The number of hydrogen-bond acceptors (Lipinski definition) is 6. The fourth-order valence-corrected chi connectivity index (χ4v) is 6.00. The number of hydrogen-bond donors (Lipinski definition) is 1. The average molecular weight is 481 g/mol. The van der Waals surface area contributed by atoms with Crippen LogP contribution in [0.4, 0.5) is 9.52 Å². The Kier molecular flexibility index (Phi) is 6.33. The van der Waals surface area contributed by atoms with Gasteiger partial charge in [0, 0.05) is 36.1 Å². The predicted octanol–water partition coefficient (Wildman–Crippen LogP) is 4.04. The summed E-state index contributed by atoms with van der Waals surface area (Å²) in [5.74, 6) is -0.903. The molecule has 162 valence electrons. The summed E-state index contributed by atoms with van der Waals surface area (Å²) in [6, 6.07) is 9.02. The number of carbonyl (C=O) groups excluding carboxylic acids is 1. The first-order chi connectivity index (χ1) is 14.8. The number of carbonyl (C=O) groups is 1. The van der Waals surface area contributed by atoms with Crippen LogP contribution in [0.25, 0.3) is 11.3 Å². The van der Waals surface area contributed by atoms with Crippen LogP contribution in [0.1, 0.15) is 12.8 Å². The Morgan fingerprint density at radius 2 is 2.00 bits per heavy atom. The fourth-order valence-electron chi connectivity index (χ4n) is 3.38. The quantitative estimate of drug-likeness (QED) is 0.556. The summed E-state index contributed by atoms with van der Waals surface area (Å²) in [4.78, 5) is 20.8. The molecule has 0 atom stereocenters. The molecule has 0 saturated carbocycles. The standard InChI is InChI=1S/C20H18ClFN4O3S2/c21-18-17(5-2-8-23-18)31(28,29)26-9-6-13(7-10-26)19(27)25-20-24-16(12-30-20)14-3-1-4-15(22)11-14/h1-5,8,11-13H,6-7,9-10H2,(H,24,25,27). The van der Waals surface area contributed by atoms with Crippen molar-refractivity contribution in [1.29, 1.82) is 0 Å². The van der Waals surface area contributed by atoms with Crippen LogP contribution in [0.3, 0.4) is 0 Å². The molecule has 1 N–H and O–H groups in total. The molecule has 1 aliphatic rings. The molecule has 0 bridgehead atoms. The van der Waals surface area contributed by atoms with E-state index >= 15 is 0 Å². The third-order valence-electron chi connectivity index (χ3n) is 5.02. The highest BCUT2D eigenvalue weighted by Crippen LogP contribution is 2.29. The zero-order chi connectivity index (χ0) is 22.0. The van der Waals surface area contributed by atoms with Gasteiger partial charge in [-0.05, 0) is 37.1 Å². The molecule has 4 rings (SSSR count). The maximum absolute atomic E-state index is 13.4. The van der Waals surface area contributed by atoms with E-state index in [9.17, 15) is 17.6 Å². The van der Waals surface area contributed by atoms with Gasteiger partial charge in [-0.3, -0.25) is 4.79 Å². The molecule has 0 radical (unpaired) electrons. The highest BCUT2D eigenvalue weighted by atomic mass is 35.5. The summed E-state index contributed by atoms with van der Waals surface area (Å²) in [5.41, 5.74) is 1.21. The number of piperidine rings is 1. The summed E-state index contributed by atoms with van der Waals surface area (Å²) < 4.78 is 40.3. The second kappa shape index (κ2) is 8.99. The van der Waals surface area contributed by atoms with Crippen LogP contribution in [-0.4, -0.2) is 41.7 Å². The largest absolute Gasteiger partial charge is 0.302 e. The lowest BCUT2D eigenvalue weighted by Gasteiger charge is -2.30. The Morgan fingerprint density at radius 3 is 2.71 bits per heavy atom. The molecule has 0 unspecified atom stereocenters. The van der Waals surface area contributed by atoms with E-state index in [0.29, 0.717) is 29.2 Å². The van der Waals surface area contributed by atoms with Crippen molar-refractivity contribution >= 4 is 44.0 Å². The van der Waals surface area contributed by atoms with Gasteiger partial charge in [0.1, 0.15) is 15.9 Å². The first-order valence-corrected chi connectivity index (χ1v) is 12.2. The predicted molar refractivity (Wildman–Crippen MR) is 117 cm³/mol. The zero-order valence-corrected chi connectivity index (χ0v) is 18.6. The number of amides is 1. The lowest BCUT2D eigenvalue weighted by atomic mass is 9.97. The van der Waals surface area contributed by atoms with Crippen molar-refractivity contribution in [3.05, 3.63) is 58.9 Å². The van der Waals surface area contributed by atoms with Crippen molar-refractivity contribution in [2.24, 2.45) is 5.92 Å². The fraction of sp³-hybridized carbons (Fsp3) is 0.250. The van der Waals surface area contributed by atoms with E-state index in [-0.39, 0.29) is 40.8 Å². The van der Waals surface area contributed by atoms with Gasteiger partial charge >= 0.3 is 0 Å². The summed E-state index contributed by atoms with van der Waals surface area (Å²) >= 11 is 7.20. The van der Waals surface area contributed by atoms with E-state index < -0.39 is 10.0 Å². The Morgan fingerprint density at radius 1 is 1.23 bits per heavy atom. The van der Waals surface area contributed by atoms with Crippen molar-refractivity contribution in [2.45, 2.75) is 17.7 Å². The minimum Gasteiger partial charge on any atom is -0.302 e. The number of nitrogens with one attached hydrogen (secondary N) is 1. The summed E-state index contributed by atoms with van der Waals surface area (Å²) in [7, 11) is -3.77. The molecule has 31 heavy (non-hydrogen) atoms. The third-order valence-corrected chi connectivity index (χ3v) is 8.12. The minimum absolute atomic E-state index is 0.0350. The first-order valence-electron chi connectivity index (χ1n) is 9.47. The number of nitrogens with zero attached hydrogens (tertiary/aromatic N) is 3. The Balaban J connectivity index is 1.37. The van der Waals surface area contributed by atoms with Gasteiger partial charge in [0.25, 0.3) is 0 Å². The van der Waals surface area contributed by atoms with Gasteiger partial charge in [0.05, 0.1) is 5.69 Å². The highest BCUT2D eigenvalue weighted by molar-refractivity contribution is 7.89. The van der Waals surface area contributed by atoms with Crippen LogP contribution in [0, 0.1) is 11.7 Å². The molecule has 11 heteroatoms. The number of rotatable bonds is 5. The van der Waals surface area contributed by atoms with Gasteiger partial charge in [0.2, 0.25) is 15.9 Å². The smallest absolute Gasteiger partial charge is 0.246 e. The molecule has 0 aliphatic carbocycles. The number of aromatic nitrogens is 2. The minimum atomic E-state index is -3.77. The molecule has 0 spiro atoms. The Bertz CT molecular complexity index is 1210. The molecule has 2 aromatic heterocycles. The van der Waals surface area contributed by atoms with E-state index in [1.807, 2.05) is 0 Å². The Hall–Kier alpha value is -2.40. The Labute approximate surface area is 188 Å². The number of sulfonamides is 1. The second-order valence-electron chi connectivity index (χ2n) is 7.01. The second-order valence-corrected chi connectivity index (χ2v) is 10.1. The van der Waals surface area contributed by atoms with E-state index in [0.717, 1.165) is 0 Å². The summed E-state index contributed by atoms with van der Waals surface area (Å²) in [5, 5.41) is 4.88. The number of benzene rings is 1. The first kappa shape index (κ1) is 21.8. The summed E-state index contributed by atoms with van der Waals surface area (Å²) in [6.45, 7) is 0.413. The van der Waals surface area contributed by atoms with Gasteiger partial charge in [-0.15, -0.1) is 11.3 Å². The molecule has 1 amide bonds. The van der Waals surface area contributed by atoms with Crippen LogP contribution in [0.15, 0.2) is 52.9 Å². The van der Waals surface area contributed by atoms with E-state index in [1.165, 1.54) is 46.1 Å². The number of anilines is 1. The summed E-state index contributed by atoms with van der Waals surface area (Å²) in [6.07, 6.45) is 2.19. The third kappa shape index (κ3) is 4.77. The zero-order valence-electron chi connectivity index (χ0n) is 16.2. The maximum Gasteiger partial charge on any atom is 0.246 e. The molecule has 1 aliphatic heterocycles. The van der Waals surface area contributed by atoms with Crippen molar-refractivity contribution in [3.8, 4) is 11.3 Å². The van der Waals surface area contributed by atoms with E-state index in [4.69, 9.17) is 11.6 Å². The van der Waals surface area contributed by atoms with Crippen molar-refractivity contribution in [2.75, 3.05) is 18.4 Å². The number of pyridine rings is 1. The van der Waals surface area contributed by atoms with Crippen LogP contribution in [0.2, 0.25) is 5.15 Å². The molecule has 1 fully saturated rings. The van der Waals surface area contributed by atoms with Gasteiger partial charge < -0.3 is 5.32 Å². The van der Waals surface area contributed by atoms with Gasteiger partial charge in [-0.1, -0.05) is 23.7 Å². The number of thiazole rings is 1. The average Bonchev–Trinajstić information content (AvgIpc) is 3.22. The van der Waals surface area contributed by atoms with Gasteiger partial charge in [0.15, 0.2) is 5.13 Å². The lowest BCUT2D eigenvalue weighted by Crippen LogP contribution is -2.41. The molecule has 7 nitrogen and oxygen atoms in total. The topological polar surface area (TPSA) is 92.3 Å². The van der Waals surface area contributed by atoms with Crippen molar-refractivity contribution in [1.82, 2.24) is 14.3 Å². The van der Waals surface area contributed by atoms with Gasteiger partial charge in [-0.25, -0.2) is 22.8 Å². The van der Waals surface area contributed by atoms with Gasteiger partial charge in [-0.2, -0.15) is 4.31 Å². The number of halogens is 2. The lowest BCUT2D eigenvalue weighted by molar-refractivity contribution is -0.120. The SMILES string of the molecule is O=C(Nc1nc(-c2cccc(F)c2)cs1)C1CCN(S(=O)(=O)c2cccnc2Cl)CC1. The highest BCUT2D eigenvalue weighted by Gasteiger charge is 2.33. The normalized spacial score (nSPS) is 15.7. The maximum atomic E-state index is 13.4. The molecule has 3 aromatic rings. The van der Waals surface area contributed by atoms with Crippen LogP contribution in [0.5, 0.6) is 0 Å². The van der Waals surface area contributed by atoms with E-state index in [1.54, 1.807) is 17.5 Å². The monoisotopic (exact) mass is 480 g/mol. The molecule has 1 aromatic carbocycles. The molecule has 1 saturated heterocycles. The molecular formula is C20H18ClFN4O3S2. The van der Waals surface area contributed by atoms with Crippen LogP contribution >= 0.6 is 22.9 Å². The van der Waals surface area contributed by atoms with Crippen LogP contribution < -0.4 is 5.32 Å². The molecule has 3 heterocycles. The van der Waals surface area contributed by atoms with Crippen LogP contribution in [-0.2, 0) is 14.8 Å². The van der Waals surface area contributed by atoms with Crippen molar-refractivity contribution in [3.63, 3.8) is 0 Å². The van der Waals surface area contributed by atoms with E-state index in [2.05, 4.69) is 15.3 Å². The molecular weight excluding hydrogens is 463 g/mol.